The highest BCUT2D eigenvalue weighted by Gasteiger charge is 2.18. The van der Waals surface area contributed by atoms with Gasteiger partial charge in [-0.25, -0.2) is 0 Å². The summed E-state index contributed by atoms with van der Waals surface area (Å²) in [7, 11) is 0. The minimum absolute atomic E-state index is 0.362. The van der Waals surface area contributed by atoms with E-state index in [2.05, 4.69) is 13.8 Å². The molecule has 0 aromatic rings. The second kappa shape index (κ2) is 5.11. The van der Waals surface area contributed by atoms with E-state index >= 15 is 0 Å². The van der Waals surface area contributed by atoms with Crippen LogP contribution in [0.2, 0.25) is 0 Å². The van der Waals surface area contributed by atoms with E-state index in [4.69, 9.17) is 11.6 Å². The zero-order valence-corrected chi connectivity index (χ0v) is 9.11. The summed E-state index contributed by atoms with van der Waals surface area (Å²) >= 11 is 5.96. The van der Waals surface area contributed by atoms with Crippen molar-refractivity contribution in [2.45, 2.75) is 57.7 Å². The van der Waals surface area contributed by atoms with Crippen molar-refractivity contribution in [1.29, 1.82) is 0 Å². The van der Waals surface area contributed by atoms with Crippen LogP contribution in [0.15, 0.2) is 0 Å². The van der Waals surface area contributed by atoms with E-state index in [0.29, 0.717) is 5.38 Å². The Bertz CT molecular complexity index is 114. The summed E-state index contributed by atoms with van der Waals surface area (Å²) in [4.78, 5) is 0. The van der Waals surface area contributed by atoms with Gasteiger partial charge >= 0.3 is 0 Å². The number of hydrogen-bond acceptors (Lipinski definition) is 0. The van der Waals surface area contributed by atoms with Gasteiger partial charge in [0.25, 0.3) is 0 Å². The minimum atomic E-state index is 0.362. The average molecular weight is 189 g/mol. The molecule has 0 aliphatic heterocycles. The second-order valence-corrected chi connectivity index (χ2v) is 5.25. The van der Waals surface area contributed by atoms with Gasteiger partial charge in [0, 0.05) is 5.38 Å². The van der Waals surface area contributed by atoms with Crippen LogP contribution in [0.5, 0.6) is 0 Å². The van der Waals surface area contributed by atoms with Gasteiger partial charge in [0.2, 0.25) is 0 Å². The fourth-order valence-corrected chi connectivity index (χ4v) is 2.77. The van der Waals surface area contributed by atoms with Crippen LogP contribution in [-0.2, 0) is 0 Å². The molecule has 1 aliphatic carbocycles. The Balaban J connectivity index is 2.11. The van der Waals surface area contributed by atoms with Crippen molar-refractivity contribution in [3.8, 4) is 0 Å². The SMILES string of the molecule is CC(Cl)CC(C)CC1CCCC1. The molecule has 0 radical (unpaired) electrons. The molecule has 1 heteroatoms. The maximum atomic E-state index is 5.96. The van der Waals surface area contributed by atoms with Gasteiger partial charge < -0.3 is 0 Å². The molecule has 0 aromatic heterocycles. The maximum Gasteiger partial charge on any atom is 0.0310 e. The highest BCUT2D eigenvalue weighted by Crippen LogP contribution is 2.31. The Labute approximate surface area is 81.7 Å². The van der Waals surface area contributed by atoms with Crippen molar-refractivity contribution < 1.29 is 0 Å². The molecule has 0 heterocycles. The second-order valence-electron chi connectivity index (χ2n) is 4.51. The number of halogens is 1. The van der Waals surface area contributed by atoms with Crippen molar-refractivity contribution in [3.63, 3.8) is 0 Å². The van der Waals surface area contributed by atoms with Crippen LogP contribution in [0.1, 0.15) is 52.4 Å². The molecule has 1 fully saturated rings. The summed E-state index contributed by atoms with van der Waals surface area (Å²) in [6, 6.07) is 0. The Morgan fingerprint density at radius 2 is 1.83 bits per heavy atom. The summed E-state index contributed by atoms with van der Waals surface area (Å²) < 4.78 is 0. The van der Waals surface area contributed by atoms with E-state index in [1.165, 1.54) is 38.5 Å². The van der Waals surface area contributed by atoms with Gasteiger partial charge in [0.05, 0.1) is 0 Å². The molecule has 0 amide bonds. The van der Waals surface area contributed by atoms with Gasteiger partial charge in [-0.2, -0.15) is 0 Å². The summed E-state index contributed by atoms with van der Waals surface area (Å²) in [5.41, 5.74) is 0. The third-order valence-corrected chi connectivity index (χ3v) is 3.12. The maximum absolute atomic E-state index is 5.96. The first-order valence-corrected chi connectivity index (χ1v) is 5.76. The number of hydrogen-bond donors (Lipinski definition) is 0. The lowest BCUT2D eigenvalue weighted by Gasteiger charge is -2.16. The molecule has 1 saturated carbocycles. The lowest BCUT2D eigenvalue weighted by molar-refractivity contribution is 0.379. The monoisotopic (exact) mass is 188 g/mol. The smallest absolute Gasteiger partial charge is 0.0310 e. The van der Waals surface area contributed by atoms with Crippen molar-refractivity contribution >= 4 is 11.6 Å². The lowest BCUT2D eigenvalue weighted by Crippen LogP contribution is -2.07. The van der Waals surface area contributed by atoms with Gasteiger partial charge in [0.1, 0.15) is 0 Å². The third-order valence-electron chi connectivity index (χ3n) is 2.94. The Hall–Kier alpha value is 0.290. The normalized spacial score (nSPS) is 24.2. The van der Waals surface area contributed by atoms with Gasteiger partial charge in [-0.05, 0) is 31.6 Å². The summed E-state index contributed by atoms with van der Waals surface area (Å²) in [5.74, 6) is 1.86. The summed E-state index contributed by atoms with van der Waals surface area (Å²) in [5, 5.41) is 0.362. The average Bonchev–Trinajstić information content (AvgIpc) is 2.37. The van der Waals surface area contributed by atoms with Crippen LogP contribution in [-0.4, -0.2) is 5.38 Å². The van der Waals surface area contributed by atoms with Gasteiger partial charge in [-0.1, -0.05) is 32.6 Å². The van der Waals surface area contributed by atoms with Gasteiger partial charge in [0.15, 0.2) is 0 Å². The molecular weight excluding hydrogens is 168 g/mol. The molecule has 0 aromatic carbocycles. The van der Waals surface area contributed by atoms with Crippen LogP contribution in [0, 0.1) is 11.8 Å². The van der Waals surface area contributed by atoms with E-state index in [0.717, 1.165) is 11.8 Å². The molecule has 0 nitrogen and oxygen atoms in total. The molecule has 0 spiro atoms. The zero-order chi connectivity index (χ0) is 8.97. The van der Waals surface area contributed by atoms with Crippen LogP contribution < -0.4 is 0 Å². The third kappa shape index (κ3) is 3.80. The quantitative estimate of drug-likeness (QED) is 0.580. The van der Waals surface area contributed by atoms with Crippen molar-refractivity contribution in [2.24, 2.45) is 11.8 Å². The molecule has 72 valence electrons. The largest absolute Gasteiger partial charge is 0.123 e. The minimum Gasteiger partial charge on any atom is -0.123 e. The van der Waals surface area contributed by atoms with E-state index < -0.39 is 0 Å². The highest BCUT2D eigenvalue weighted by molar-refractivity contribution is 6.20. The fraction of sp³-hybridized carbons (Fsp3) is 1.00. The van der Waals surface area contributed by atoms with E-state index in [1.54, 1.807) is 0 Å². The van der Waals surface area contributed by atoms with Crippen molar-refractivity contribution in [1.82, 2.24) is 0 Å². The molecular formula is C11H21Cl. The Kier molecular flexibility index (Phi) is 4.42. The van der Waals surface area contributed by atoms with E-state index in [9.17, 15) is 0 Å². The Morgan fingerprint density at radius 3 is 2.33 bits per heavy atom. The topological polar surface area (TPSA) is 0 Å². The van der Waals surface area contributed by atoms with Gasteiger partial charge in [-0.15, -0.1) is 11.6 Å². The molecule has 1 rings (SSSR count). The first-order valence-electron chi connectivity index (χ1n) is 5.32. The van der Waals surface area contributed by atoms with Crippen LogP contribution in [0.4, 0.5) is 0 Å². The molecule has 0 bridgehead atoms. The first-order chi connectivity index (χ1) is 5.68. The summed E-state index contributed by atoms with van der Waals surface area (Å²) in [6.07, 6.45) is 8.48. The Morgan fingerprint density at radius 1 is 1.25 bits per heavy atom. The molecule has 0 saturated heterocycles. The fourth-order valence-electron chi connectivity index (χ4n) is 2.47. The van der Waals surface area contributed by atoms with Crippen molar-refractivity contribution in [2.75, 3.05) is 0 Å². The standard InChI is InChI=1S/C11H21Cl/c1-9(7-10(2)12)8-11-5-3-4-6-11/h9-11H,3-8H2,1-2H3. The molecule has 0 N–H and O–H groups in total. The predicted molar refractivity (Wildman–Crippen MR) is 55.7 cm³/mol. The molecule has 2 unspecified atom stereocenters. The number of alkyl halides is 1. The van der Waals surface area contributed by atoms with Crippen LogP contribution in [0.3, 0.4) is 0 Å². The molecule has 2 atom stereocenters. The molecule has 1 aliphatic rings. The van der Waals surface area contributed by atoms with Crippen LogP contribution in [0.25, 0.3) is 0 Å². The van der Waals surface area contributed by atoms with E-state index in [1.807, 2.05) is 0 Å². The zero-order valence-electron chi connectivity index (χ0n) is 8.35. The number of rotatable bonds is 4. The first kappa shape index (κ1) is 10.4. The van der Waals surface area contributed by atoms with Gasteiger partial charge in [-0.3, -0.25) is 0 Å². The lowest BCUT2D eigenvalue weighted by atomic mass is 9.91. The highest BCUT2D eigenvalue weighted by atomic mass is 35.5. The van der Waals surface area contributed by atoms with E-state index in [-0.39, 0.29) is 0 Å². The summed E-state index contributed by atoms with van der Waals surface area (Å²) in [6.45, 7) is 4.45. The van der Waals surface area contributed by atoms with Crippen molar-refractivity contribution in [3.05, 3.63) is 0 Å². The predicted octanol–water partition coefficient (Wildman–Crippen LogP) is 4.22. The van der Waals surface area contributed by atoms with Crippen LogP contribution >= 0.6 is 11.6 Å². The molecule has 12 heavy (non-hydrogen) atoms.